The minimum absolute atomic E-state index is 0.0464. The largest absolute Gasteiger partial charge is 0.508 e. The first-order valence-electron chi connectivity index (χ1n) is 16.0. The SMILES string of the molecule is C=C(/C=C\C=C(/C)c1ccc2cc(O)ccc2c1)[C@H](CC(=O)OC)NC(=O)CNC(=O)CCCN(C(=O)OC(C)(C)C)c1cc(C)ccn1. The average molecular weight is 671 g/mol. The van der Waals surface area contributed by atoms with Crippen molar-refractivity contribution in [2.45, 2.75) is 65.5 Å². The van der Waals surface area contributed by atoms with Crippen LogP contribution < -0.4 is 15.5 Å². The van der Waals surface area contributed by atoms with Crippen LogP contribution in [0.25, 0.3) is 16.3 Å². The molecule has 0 aliphatic carbocycles. The summed E-state index contributed by atoms with van der Waals surface area (Å²) >= 11 is 0. The van der Waals surface area contributed by atoms with Crippen LogP contribution in [0, 0.1) is 6.92 Å². The van der Waals surface area contributed by atoms with Crippen molar-refractivity contribution in [2.75, 3.05) is 25.1 Å². The number of benzene rings is 2. The molecule has 3 N–H and O–H groups in total. The van der Waals surface area contributed by atoms with Gasteiger partial charge in [-0.3, -0.25) is 19.3 Å². The highest BCUT2D eigenvalue weighted by Crippen LogP contribution is 2.24. The number of aromatic nitrogens is 1. The van der Waals surface area contributed by atoms with Gasteiger partial charge in [0.25, 0.3) is 0 Å². The van der Waals surface area contributed by atoms with E-state index in [1.807, 2.05) is 50.3 Å². The van der Waals surface area contributed by atoms with Crippen molar-refractivity contribution in [3.8, 4) is 5.75 Å². The number of carbonyl (C=O) groups is 4. The molecule has 0 saturated carbocycles. The minimum Gasteiger partial charge on any atom is -0.508 e. The summed E-state index contributed by atoms with van der Waals surface area (Å²) in [5.74, 6) is -0.798. The monoisotopic (exact) mass is 670 g/mol. The molecular formula is C38H46N4O7. The lowest BCUT2D eigenvalue weighted by atomic mass is 10.0. The van der Waals surface area contributed by atoms with Gasteiger partial charge in [-0.25, -0.2) is 9.78 Å². The molecule has 3 aromatic rings. The van der Waals surface area contributed by atoms with Gasteiger partial charge in [-0.15, -0.1) is 0 Å². The number of rotatable bonds is 14. The molecule has 3 amide bonds. The second kappa shape index (κ2) is 17.6. The van der Waals surface area contributed by atoms with E-state index < -0.39 is 29.6 Å². The number of aryl methyl sites for hydroxylation is 1. The molecule has 1 atom stereocenters. The number of allylic oxidation sites excluding steroid dienone is 3. The number of esters is 1. The Kier molecular flexibility index (Phi) is 13.7. The molecule has 1 aromatic heterocycles. The summed E-state index contributed by atoms with van der Waals surface area (Å²) in [6, 6.07) is 13.9. The van der Waals surface area contributed by atoms with E-state index in [0.29, 0.717) is 17.8 Å². The van der Waals surface area contributed by atoms with Crippen molar-refractivity contribution in [1.29, 1.82) is 0 Å². The maximum absolute atomic E-state index is 12.9. The third-order valence-electron chi connectivity index (χ3n) is 7.34. The highest BCUT2D eigenvalue weighted by molar-refractivity contribution is 5.88. The Labute approximate surface area is 287 Å². The Morgan fingerprint density at radius 1 is 1.04 bits per heavy atom. The molecule has 0 saturated heterocycles. The third-order valence-corrected chi connectivity index (χ3v) is 7.34. The van der Waals surface area contributed by atoms with Crippen LogP contribution in [-0.4, -0.2) is 65.8 Å². The van der Waals surface area contributed by atoms with Gasteiger partial charge < -0.3 is 25.2 Å². The lowest BCUT2D eigenvalue weighted by Gasteiger charge is -2.27. The molecule has 11 nitrogen and oxygen atoms in total. The molecule has 2 aromatic carbocycles. The summed E-state index contributed by atoms with van der Waals surface area (Å²) in [6.45, 7) is 13.1. The maximum atomic E-state index is 12.9. The third kappa shape index (κ3) is 12.6. The molecule has 0 aliphatic heterocycles. The van der Waals surface area contributed by atoms with Crippen LogP contribution in [0.4, 0.5) is 10.6 Å². The first-order valence-corrected chi connectivity index (χ1v) is 16.0. The molecule has 1 heterocycles. The Balaban J connectivity index is 1.55. The van der Waals surface area contributed by atoms with Crippen LogP contribution in [0.3, 0.4) is 0 Å². The highest BCUT2D eigenvalue weighted by Gasteiger charge is 2.25. The first-order chi connectivity index (χ1) is 23.1. The second-order valence-electron chi connectivity index (χ2n) is 12.6. The number of amides is 3. The Morgan fingerprint density at radius 3 is 2.45 bits per heavy atom. The highest BCUT2D eigenvalue weighted by atomic mass is 16.6. The Morgan fingerprint density at radius 2 is 1.76 bits per heavy atom. The fraction of sp³-hybridized carbons (Fsp3) is 0.342. The number of aromatic hydroxyl groups is 1. The van der Waals surface area contributed by atoms with Gasteiger partial charge in [0.15, 0.2) is 0 Å². The number of nitrogens with one attached hydrogen (secondary N) is 2. The average Bonchev–Trinajstić information content (AvgIpc) is 3.04. The molecule has 0 unspecified atom stereocenters. The maximum Gasteiger partial charge on any atom is 0.416 e. The van der Waals surface area contributed by atoms with Gasteiger partial charge in [-0.2, -0.15) is 0 Å². The molecular weight excluding hydrogens is 624 g/mol. The fourth-order valence-electron chi connectivity index (χ4n) is 4.73. The summed E-state index contributed by atoms with van der Waals surface area (Å²) < 4.78 is 10.3. The predicted molar refractivity (Wildman–Crippen MR) is 191 cm³/mol. The Hall–Kier alpha value is -5.45. The van der Waals surface area contributed by atoms with Crippen molar-refractivity contribution in [3.63, 3.8) is 0 Å². The van der Waals surface area contributed by atoms with Gasteiger partial charge in [0.2, 0.25) is 11.8 Å². The number of anilines is 1. The summed E-state index contributed by atoms with van der Waals surface area (Å²) in [5.41, 5.74) is 2.64. The number of methoxy groups -OCH3 is 1. The lowest BCUT2D eigenvalue weighted by Crippen LogP contribution is -2.43. The molecule has 49 heavy (non-hydrogen) atoms. The van der Waals surface area contributed by atoms with Crippen LogP contribution in [0.1, 0.15) is 58.1 Å². The summed E-state index contributed by atoms with van der Waals surface area (Å²) in [5, 5.41) is 17.0. The van der Waals surface area contributed by atoms with Crippen molar-refractivity contribution in [2.24, 2.45) is 0 Å². The molecule has 0 spiro atoms. The second-order valence-corrected chi connectivity index (χ2v) is 12.6. The van der Waals surface area contributed by atoms with Gasteiger partial charge in [0, 0.05) is 19.2 Å². The quantitative estimate of drug-likeness (QED) is 0.137. The van der Waals surface area contributed by atoms with E-state index >= 15 is 0 Å². The molecule has 0 radical (unpaired) electrons. The Bertz CT molecular complexity index is 1740. The number of pyridine rings is 1. The van der Waals surface area contributed by atoms with Crippen molar-refractivity contribution < 1.29 is 33.8 Å². The van der Waals surface area contributed by atoms with Gasteiger partial charge in [0.05, 0.1) is 26.1 Å². The minimum atomic E-state index is -0.764. The summed E-state index contributed by atoms with van der Waals surface area (Å²) in [4.78, 5) is 56.1. The first kappa shape index (κ1) is 38.0. The van der Waals surface area contributed by atoms with Crippen molar-refractivity contribution >= 4 is 46.0 Å². The zero-order chi connectivity index (χ0) is 36.1. The number of carbonyl (C=O) groups excluding carboxylic acids is 4. The number of phenolic OH excluding ortho intramolecular Hbond substituents is 1. The van der Waals surface area contributed by atoms with E-state index in [1.54, 1.807) is 57.3 Å². The predicted octanol–water partition coefficient (Wildman–Crippen LogP) is 6.15. The van der Waals surface area contributed by atoms with Gasteiger partial charge in [-0.05, 0) is 104 Å². The van der Waals surface area contributed by atoms with Gasteiger partial charge in [0.1, 0.15) is 17.2 Å². The molecule has 3 rings (SSSR count). The van der Waals surface area contributed by atoms with Crippen LogP contribution in [0.2, 0.25) is 0 Å². The zero-order valence-electron chi connectivity index (χ0n) is 29.0. The lowest BCUT2D eigenvalue weighted by molar-refractivity contribution is -0.141. The van der Waals surface area contributed by atoms with Crippen LogP contribution in [0.5, 0.6) is 5.75 Å². The van der Waals surface area contributed by atoms with E-state index in [-0.39, 0.29) is 37.6 Å². The van der Waals surface area contributed by atoms with Gasteiger partial charge in [-0.1, -0.05) is 43.0 Å². The number of hydrogen-bond acceptors (Lipinski definition) is 8. The van der Waals surface area contributed by atoms with Crippen LogP contribution in [-0.2, 0) is 23.9 Å². The number of fused-ring (bicyclic) bond motifs is 1. The fourth-order valence-corrected chi connectivity index (χ4v) is 4.73. The van der Waals surface area contributed by atoms with E-state index in [2.05, 4.69) is 22.2 Å². The topological polar surface area (TPSA) is 147 Å². The van der Waals surface area contributed by atoms with Crippen molar-refractivity contribution in [3.05, 3.63) is 96.2 Å². The van der Waals surface area contributed by atoms with E-state index in [1.165, 1.54) is 12.0 Å². The zero-order valence-corrected chi connectivity index (χ0v) is 29.0. The molecule has 0 fully saturated rings. The number of ether oxygens (including phenoxy) is 2. The van der Waals surface area contributed by atoms with Crippen molar-refractivity contribution in [1.82, 2.24) is 15.6 Å². The van der Waals surface area contributed by atoms with Gasteiger partial charge >= 0.3 is 12.1 Å². The van der Waals surface area contributed by atoms with E-state index in [4.69, 9.17) is 9.47 Å². The van der Waals surface area contributed by atoms with E-state index in [9.17, 15) is 24.3 Å². The smallest absolute Gasteiger partial charge is 0.416 e. The number of hydrogen-bond donors (Lipinski definition) is 3. The molecule has 0 bridgehead atoms. The van der Waals surface area contributed by atoms with Crippen LogP contribution in [0.15, 0.2) is 85.1 Å². The molecule has 11 heteroatoms. The summed E-state index contributed by atoms with van der Waals surface area (Å²) in [7, 11) is 1.26. The molecule has 260 valence electrons. The number of phenols is 1. The van der Waals surface area contributed by atoms with Crippen LogP contribution >= 0.6 is 0 Å². The normalized spacial score (nSPS) is 12.3. The summed E-state index contributed by atoms with van der Waals surface area (Å²) in [6.07, 6.45) is 6.60. The van der Waals surface area contributed by atoms with E-state index in [0.717, 1.165) is 27.5 Å². The standard InChI is InChI=1S/C38H46N4O7/c1-25-17-18-39-33(20-25)42(37(47)49-38(4,5)6)19-9-12-34(44)40-24-35(45)41-32(23-36(46)48-7)27(3)11-8-10-26(2)28-13-14-30-22-31(43)16-15-29(30)21-28/h8,10-11,13-18,20-22,32,43H,3,9,12,19,23-24H2,1-2,4-7H3,(H,40,44)(H,41,45)/b11-8-,26-10+/t32-/m0/s1. The number of nitrogens with zero attached hydrogens (tertiary/aromatic N) is 2. The molecule has 0 aliphatic rings.